The van der Waals surface area contributed by atoms with Crippen molar-refractivity contribution in [2.75, 3.05) is 0 Å². The topological polar surface area (TPSA) is 63.3 Å². The highest BCUT2D eigenvalue weighted by molar-refractivity contribution is 5.66. The summed E-state index contributed by atoms with van der Waals surface area (Å²) in [7, 11) is 0. The lowest BCUT2D eigenvalue weighted by molar-refractivity contribution is -0.138. The maximum atomic E-state index is 10.2. The van der Waals surface area contributed by atoms with Gasteiger partial charge in [0.05, 0.1) is 0 Å². The third-order valence-corrected chi connectivity index (χ3v) is 1.75. The number of carboxylic acid groups (broad SMARTS) is 1. The predicted octanol–water partition coefficient (Wildman–Crippen LogP) is 1.22. The van der Waals surface area contributed by atoms with E-state index in [-0.39, 0.29) is 18.4 Å². The zero-order chi connectivity index (χ0) is 8.85. The summed E-state index contributed by atoms with van der Waals surface area (Å²) in [5.74, 6) is -0.539. The van der Waals surface area contributed by atoms with Crippen LogP contribution < -0.4 is 5.73 Å². The molecule has 0 unspecified atom stereocenters. The normalized spacial score (nSPS) is 15.9. The molecule has 0 saturated heterocycles. The van der Waals surface area contributed by atoms with Crippen molar-refractivity contribution in [3.05, 3.63) is 0 Å². The summed E-state index contributed by atoms with van der Waals surface area (Å²) in [4.78, 5) is 10.2. The van der Waals surface area contributed by atoms with Gasteiger partial charge in [0.15, 0.2) is 0 Å². The molecule has 0 aromatic rings. The zero-order valence-corrected chi connectivity index (χ0v) is 7.21. The van der Waals surface area contributed by atoms with Crippen molar-refractivity contribution in [1.29, 1.82) is 0 Å². The number of hydrogen-bond acceptors (Lipinski definition) is 2. The van der Waals surface area contributed by atoms with Gasteiger partial charge >= 0.3 is 5.97 Å². The van der Waals surface area contributed by atoms with Gasteiger partial charge in [0.25, 0.3) is 0 Å². The van der Waals surface area contributed by atoms with Crippen LogP contribution in [0.4, 0.5) is 0 Å². The van der Waals surface area contributed by atoms with E-state index in [0.29, 0.717) is 0 Å². The highest BCUT2D eigenvalue weighted by atomic mass is 16.4. The molecule has 0 amide bonds. The van der Waals surface area contributed by atoms with Crippen LogP contribution in [0, 0.1) is 5.92 Å². The van der Waals surface area contributed by atoms with Crippen molar-refractivity contribution >= 4 is 5.97 Å². The van der Waals surface area contributed by atoms with Crippen LogP contribution in [0.25, 0.3) is 0 Å². The number of rotatable bonds is 5. The van der Waals surface area contributed by atoms with Crippen molar-refractivity contribution in [1.82, 2.24) is 0 Å². The standard InChI is InChI=1S/C8H17NO2/c1-3-7(9)4-6(2)5-8(10)11/h6-7H,3-5,9H2,1-2H3,(H,10,11)/t6-,7+/m0/s1. The van der Waals surface area contributed by atoms with Gasteiger partial charge in [-0.25, -0.2) is 0 Å². The molecule has 0 saturated carbocycles. The molecule has 0 rings (SSSR count). The van der Waals surface area contributed by atoms with Gasteiger partial charge in [-0.15, -0.1) is 0 Å². The fraction of sp³-hybridized carbons (Fsp3) is 0.875. The molecule has 66 valence electrons. The summed E-state index contributed by atoms with van der Waals surface area (Å²) in [6, 6.07) is 0.157. The van der Waals surface area contributed by atoms with Gasteiger partial charge in [-0.1, -0.05) is 13.8 Å². The summed E-state index contributed by atoms with van der Waals surface area (Å²) >= 11 is 0. The average Bonchev–Trinajstić information content (AvgIpc) is 1.85. The first-order valence-corrected chi connectivity index (χ1v) is 4.03. The number of nitrogens with two attached hydrogens (primary N) is 1. The highest BCUT2D eigenvalue weighted by Crippen LogP contribution is 2.10. The van der Waals surface area contributed by atoms with E-state index >= 15 is 0 Å². The summed E-state index contributed by atoms with van der Waals surface area (Å²) < 4.78 is 0. The highest BCUT2D eigenvalue weighted by Gasteiger charge is 2.10. The van der Waals surface area contributed by atoms with Crippen molar-refractivity contribution in [3.8, 4) is 0 Å². The fourth-order valence-corrected chi connectivity index (χ4v) is 1.06. The van der Waals surface area contributed by atoms with Gasteiger partial charge in [-0.3, -0.25) is 4.79 Å². The minimum absolute atomic E-state index is 0.157. The molecular weight excluding hydrogens is 142 g/mol. The SMILES string of the molecule is CC[C@@H](N)C[C@H](C)CC(=O)O. The Balaban J connectivity index is 3.51. The second-order valence-electron chi connectivity index (χ2n) is 3.11. The van der Waals surface area contributed by atoms with Crippen LogP contribution in [0.2, 0.25) is 0 Å². The second-order valence-corrected chi connectivity index (χ2v) is 3.11. The van der Waals surface area contributed by atoms with Crippen LogP contribution in [0.1, 0.15) is 33.1 Å². The van der Waals surface area contributed by atoms with E-state index in [9.17, 15) is 4.79 Å². The van der Waals surface area contributed by atoms with Gasteiger partial charge < -0.3 is 10.8 Å². The summed E-state index contributed by atoms with van der Waals surface area (Å²) in [6.45, 7) is 3.93. The van der Waals surface area contributed by atoms with Gasteiger partial charge in [0.1, 0.15) is 0 Å². The Morgan fingerprint density at radius 3 is 2.55 bits per heavy atom. The summed E-state index contributed by atoms with van der Waals surface area (Å²) in [6.07, 6.45) is 1.96. The largest absolute Gasteiger partial charge is 0.481 e. The summed E-state index contributed by atoms with van der Waals surface area (Å²) in [5.41, 5.74) is 5.66. The Hall–Kier alpha value is -0.570. The molecule has 0 heterocycles. The number of carboxylic acids is 1. The Labute approximate surface area is 67.6 Å². The van der Waals surface area contributed by atoms with Crippen LogP contribution in [-0.4, -0.2) is 17.1 Å². The zero-order valence-electron chi connectivity index (χ0n) is 7.21. The first-order chi connectivity index (χ1) is 5.06. The van der Waals surface area contributed by atoms with E-state index in [1.165, 1.54) is 0 Å². The van der Waals surface area contributed by atoms with Crippen molar-refractivity contribution in [2.24, 2.45) is 11.7 Å². The van der Waals surface area contributed by atoms with Crippen LogP contribution in [0.5, 0.6) is 0 Å². The molecule has 3 N–H and O–H groups in total. The first kappa shape index (κ1) is 10.4. The van der Waals surface area contributed by atoms with E-state index in [4.69, 9.17) is 10.8 Å². The van der Waals surface area contributed by atoms with Crippen molar-refractivity contribution in [2.45, 2.75) is 39.2 Å². The molecule has 11 heavy (non-hydrogen) atoms. The third-order valence-electron chi connectivity index (χ3n) is 1.75. The quantitative estimate of drug-likeness (QED) is 0.634. The summed E-state index contributed by atoms with van der Waals surface area (Å²) in [5, 5.41) is 8.43. The minimum Gasteiger partial charge on any atom is -0.481 e. The van der Waals surface area contributed by atoms with Gasteiger partial charge in [-0.2, -0.15) is 0 Å². The Bertz CT molecular complexity index is 125. The van der Waals surface area contributed by atoms with Gasteiger partial charge in [-0.05, 0) is 18.8 Å². The molecule has 0 aliphatic rings. The molecule has 0 aromatic heterocycles. The predicted molar refractivity (Wildman–Crippen MR) is 44.3 cm³/mol. The maximum absolute atomic E-state index is 10.2. The van der Waals surface area contributed by atoms with E-state index < -0.39 is 5.97 Å². The molecule has 0 bridgehead atoms. The van der Waals surface area contributed by atoms with Crippen LogP contribution in [-0.2, 0) is 4.79 Å². The minimum atomic E-state index is -0.735. The fourth-order valence-electron chi connectivity index (χ4n) is 1.06. The molecule has 0 spiro atoms. The van der Waals surface area contributed by atoms with Crippen molar-refractivity contribution in [3.63, 3.8) is 0 Å². The Morgan fingerprint density at radius 2 is 2.18 bits per heavy atom. The lowest BCUT2D eigenvalue weighted by Gasteiger charge is -2.13. The van der Waals surface area contributed by atoms with Gasteiger partial charge in [0, 0.05) is 12.5 Å². The number of carbonyl (C=O) groups is 1. The van der Waals surface area contributed by atoms with E-state index in [1.807, 2.05) is 13.8 Å². The molecular formula is C8H17NO2. The van der Waals surface area contributed by atoms with Crippen LogP contribution >= 0.6 is 0 Å². The first-order valence-electron chi connectivity index (χ1n) is 4.03. The van der Waals surface area contributed by atoms with Crippen LogP contribution in [0.3, 0.4) is 0 Å². The van der Waals surface area contributed by atoms with E-state index in [0.717, 1.165) is 12.8 Å². The molecule has 2 atom stereocenters. The number of aliphatic carboxylic acids is 1. The maximum Gasteiger partial charge on any atom is 0.303 e. The lowest BCUT2D eigenvalue weighted by Crippen LogP contribution is -2.22. The Kier molecular flexibility index (Phi) is 4.86. The molecule has 0 aromatic carbocycles. The third kappa shape index (κ3) is 5.85. The molecule has 0 aliphatic carbocycles. The molecule has 3 heteroatoms. The smallest absolute Gasteiger partial charge is 0.303 e. The average molecular weight is 159 g/mol. The van der Waals surface area contributed by atoms with E-state index in [2.05, 4.69) is 0 Å². The van der Waals surface area contributed by atoms with Gasteiger partial charge in [0.2, 0.25) is 0 Å². The van der Waals surface area contributed by atoms with Crippen molar-refractivity contribution < 1.29 is 9.90 Å². The monoisotopic (exact) mass is 159 g/mol. The second kappa shape index (κ2) is 5.13. The molecule has 0 fully saturated rings. The Morgan fingerprint density at radius 1 is 1.64 bits per heavy atom. The molecule has 3 nitrogen and oxygen atoms in total. The molecule has 0 aliphatic heterocycles. The molecule has 0 radical (unpaired) electrons. The van der Waals surface area contributed by atoms with Crippen LogP contribution in [0.15, 0.2) is 0 Å². The number of hydrogen-bond donors (Lipinski definition) is 2. The van der Waals surface area contributed by atoms with E-state index in [1.54, 1.807) is 0 Å². The lowest BCUT2D eigenvalue weighted by atomic mass is 9.98.